The van der Waals surface area contributed by atoms with Gasteiger partial charge in [-0.1, -0.05) is 38.1 Å². The molecule has 0 spiro atoms. The van der Waals surface area contributed by atoms with Gasteiger partial charge >= 0.3 is 0 Å². The van der Waals surface area contributed by atoms with Crippen LogP contribution in [0.2, 0.25) is 0 Å². The molecule has 0 aliphatic rings. The SMILES string of the molecule is CC(C)Cc1ccc([C@H](C)S(=O)(=O)[O-])cc1. The quantitative estimate of drug-likeness (QED) is 0.761. The zero-order valence-corrected chi connectivity index (χ0v) is 10.6. The van der Waals surface area contributed by atoms with E-state index in [2.05, 4.69) is 13.8 Å². The molecule has 4 heteroatoms. The Morgan fingerprint density at radius 1 is 1.12 bits per heavy atom. The largest absolute Gasteiger partial charge is 0.747 e. The Balaban J connectivity index is 2.87. The van der Waals surface area contributed by atoms with Gasteiger partial charge in [-0.3, -0.25) is 0 Å². The number of hydrogen-bond acceptors (Lipinski definition) is 3. The van der Waals surface area contributed by atoms with Crippen molar-refractivity contribution in [3.8, 4) is 0 Å². The lowest BCUT2D eigenvalue weighted by Gasteiger charge is -2.16. The Kier molecular flexibility index (Phi) is 4.10. The van der Waals surface area contributed by atoms with E-state index in [0.29, 0.717) is 11.5 Å². The van der Waals surface area contributed by atoms with Crippen molar-refractivity contribution < 1.29 is 13.0 Å². The van der Waals surface area contributed by atoms with Gasteiger partial charge in [0.2, 0.25) is 0 Å². The van der Waals surface area contributed by atoms with Gasteiger partial charge in [0.05, 0.1) is 5.25 Å². The van der Waals surface area contributed by atoms with Gasteiger partial charge in [0.15, 0.2) is 0 Å². The van der Waals surface area contributed by atoms with Crippen LogP contribution in [-0.2, 0) is 16.5 Å². The first-order valence-corrected chi connectivity index (χ1v) is 6.81. The Hall–Kier alpha value is -0.870. The molecule has 0 fully saturated rings. The summed E-state index contributed by atoms with van der Waals surface area (Å²) in [6.45, 7) is 5.66. The van der Waals surface area contributed by atoms with Crippen LogP contribution < -0.4 is 0 Å². The fourth-order valence-corrected chi connectivity index (χ4v) is 2.05. The van der Waals surface area contributed by atoms with Crippen LogP contribution in [0.4, 0.5) is 0 Å². The van der Waals surface area contributed by atoms with E-state index >= 15 is 0 Å². The van der Waals surface area contributed by atoms with Crippen LogP contribution in [0, 0.1) is 5.92 Å². The van der Waals surface area contributed by atoms with Crippen molar-refractivity contribution in [2.75, 3.05) is 0 Å². The molecule has 0 N–H and O–H groups in total. The molecule has 0 bridgehead atoms. The van der Waals surface area contributed by atoms with Gasteiger partial charge < -0.3 is 4.55 Å². The summed E-state index contributed by atoms with van der Waals surface area (Å²) >= 11 is 0. The minimum atomic E-state index is -4.24. The molecule has 16 heavy (non-hydrogen) atoms. The Bertz CT molecular complexity index is 432. The standard InChI is InChI=1S/C12H18O3S/c1-9(2)8-11-4-6-12(7-5-11)10(3)16(13,14)15/h4-7,9-10H,8H2,1-3H3,(H,13,14,15)/p-1/t10-/m0/s1. The minimum absolute atomic E-state index is 0.558. The lowest BCUT2D eigenvalue weighted by Crippen LogP contribution is -2.08. The highest BCUT2D eigenvalue weighted by Gasteiger charge is 2.12. The first-order valence-electron chi connectivity index (χ1n) is 5.34. The summed E-state index contributed by atoms with van der Waals surface area (Å²) in [6.07, 6.45) is 0.957. The van der Waals surface area contributed by atoms with Crippen molar-refractivity contribution in [1.29, 1.82) is 0 Å². The maximum absolute atomic E-state index is 10.8. The third-order valence-corrected chi connectivity index (χ3v) is 3.66. The minimum Gasteiger partial charge on any atom is -0.747 e. The van der Waals surface area contributed by atoms with E-state index in [1.54, 1.807) is 12.1 Å². The second-order valence-electron chi connectivity index (χ2n) is 4.47. The molecule has 3 nitrogen and oxygen atoms in total. The van der Waals surface area contributed by atoms with E-state index in [0.717, 1.165) is 12.0 Å². The summed E-state index contributed by atoms with van der Waals surface area (Å²) in [4.78, 5) is 0. The maximum Gasteiger partial charge on any atom is 0.101 e. The van der Waals surface area contributed by atoms with Gasteiger partial charge in [0.25, 0.3) is 0 Å². The zero-order valence-electron chi connectivity index (χ0n) is 9.80. The maximum atomic E-state index is 10.8. The van der Waals surface area contributed by atoms with Crippen molar-refractivity contribution in [3.05, 3.63) is 35.4 Å². The molecule has 90 valence electrons. The average Bonchev–Trinajstić information content (AvgIpc) is 2.15. The van der Waals surface area contributed by atoms with Crippen LogP contribution >= 0.6 is 0 Å². The zero-order chi connectivity index (χ0) is 12.3. The summed E-state index contributed by atoms with van der Waals surface area (Å²) in [7, 11) is -4.24. The summed E-state index contributed by atoms with van der Waals surface area (Å²) in [5.74, 6) is 0.562. The highest BCUT2D eigenvalue weighted by molar-refractivity contribution is 7.85. The van der Waals surface area contributed by atoms with Crippen LogP contribution in [0.1, 0.15) is 37.1 Å². The molecule has 0 unspecified atom stereocenters. The smallest absolute Gasteiger partial charge is 0.101 e. The normalized spacial score (nSPS) is 14.1. The predicted octanol–water partition coefficient (Wildman–Crippen LogP) is 2.49. The van der Waals surface area contributed by atoms with Crippen LogP contribution in [0.15, 0.2) is 24.3 Å². The van der Waals surface area contributed by atoms with Gasteiger partial charge in [0.1, 0.15) is 10.1 Å². The molecule has 0 saturated heterocycles. The molecule has 0 saturated carbocycles. The van der Waals surface area contributed by atoms with E-state index in [1.807, 2.05) is 12.1 Å². The molecule has 0 aromatic heterocycles. The lowest BCUT2D eigenvalue weighted by molar-refractivity contribution is 0.452. The second kappa shape index (κ2) is 4.97. The molecule has 0 heterocycles. The molecule has 0 amide bonds. The first kappa shape index (κ1) is 13.2. The summed E-state index contributed by atoms with van der Waals surface area (Å²) < 4.78 is 32.5. The monoisotopic (exact) mass is 241 g/mol. The topological polar surface area (TPSA) is 57.2 Å². The highest BCUT2D eigenvalue weighted by atomic mass is 32.2. The van der Waals surface area contributed by atoms with Crippen molar-refractivity contribution in [3.63, 3.8) is 0 Å². The third kappa shape index (κ3) is 3.61. The molecule has 1 aromatic carbocycles. The number of rotatable bonds is 4. The van der Waals surface area contributed by atoms with Crippen LogP contribution in [0.5, 0.6) is 0 Å². The highest BCUT2D eigenvalue weighted by Crippen LogP contribution is 2.21. The second-order valence-corrected chi connectivity index (χ2v) is 6.17. The van der Waals surface area contributed by atoms with Crippen molar-refractivity contribution >= 4 is 10.1 Å². The average molecular weight is 241 g/mol. The van der Waals surface area contributed by atoms with Crippen molar-refractivity contribution in [2.24, 2.45) is 5.92 Å². The van der Waals surface area contributed by atoms with E-state index in [1.165, 1.54) is 6.92 Å². The molecule has 1 aromatic rings. The van der Waals surface area contributed by atoms with E-state index in [9.17, 15) is 13.0 Å². The van der Waals surface area contributed by atoms with Crippen molar-refractivity contribution in [1.82, 2.24) is 0 Å². The summed E-state index contributed by atoms with van der Waals surface area (Å²) in [6, 6.07) is 7.21. The van der Waals surface area contributed by atoms with Crippen LogP contribution in [-0.4, -0.2) is 13.0 Å². The van der Waals surface area contributed by atoms with E-state index in [4.69, 9.17) is 0 Å². The molecular formula is C12H17O3S-. The Morgan fingerprint density at radius 3 is 2.00 bits per heavy atom. The molecule has 1 atom stereocenters. The van der Waals surface area contributed by atoms with Gasteiger partial charge in [-0.05, 0) is 30.4 Å². The molecule has 0 aliphatic carbocycles. The molecule has 0 aliphatic heterocycles. The predicted molar refractivity (Wildman–Crippen MR) is 63.1 cm³/mol. The van der Waals surface area contributed by atoms with Gasteiger partial charge in [-0.15, -0.1) is 0 Å². The molecular weight excluding hydrogens is 224 g/mol. The van der Waals surface area contributed by atoms with E-state index in [-0.39, 0.29) is 0 Å². The number of benzene rings is 1. The Labute approximate surface area is 97.2 Å². The van der Waals surface area contributed by atoms with Gasteiger partial charge in [-0.25, -0.2) is 8.42 Å². The molecule has 1 rings (SSSR count). The third-order valence-electron chi connectivity index (χ3n) is 2.53. The Morgan fingerprint density at radius 2 is 1.62 bits per heavy atom. The molecule has 0 radical (unpaired) electrons. The van der Waals surface area contributed by atoms with Gasteiger partial charge in [-0.2, -0.15) is 0 Å². The summed E-state index contributed by atoms with van der Waals surface area (Å²) in [5.41, 5.74) is 1.72. The van der Waals surface area contributed by atoms with E-state index < -0.39 is 15.4 Å². The first-order chi connectivity index (χ1) is 7.30. The van der Waals surface area contributed by atoms with Crippen molar-refractivity contribution in [2.45, 2.75) is 32.4 Å². The van der Waals surface area contributed by atoms with Crippen LogP contribution in [0.25, 0.3) is 0 Å². The fourth-order valence-electron chi connectivity index (χ4n) is 1.56. The number of hydrogen-bond donors (Lipinski definition) is 0. The van der Waals surface area contributed by atoms with Crippen LogP contribution in [0.3, 0.4) is 0 Å². The fraction of sp³-hybridized carbons (Fsp3) is 0.500. The van der Waals surface area contributed by atoms with Gasteiger partial charge in [0, 0.05) is 0 Å². The lowest BCUT2D eigenvalue weighted by atomic mass is 10.0. The summed E-state index contributed by atoms with van der Waals surface area (Å²) in [5, 5.41) is -0.972.